The lowest BCUT2D eigenvalue weighted by Gasteiger charge is -2.31. The minimum absolute atomic E-state index is 0.485. The van der Waals surface area contributed by atoms with Crippen LogP contribution in [0.2, 0.25) is 0 Å². The van der Waals surface area contributed by atoms with Gasteiger partial charge in [-0.2, -0.15) is 0 Å². The van der Waals surface area contributed by atoms with Crippen LogP contribution in [0.4, 0.5) is 0 Å². The van der Waals surface area contributed by atoms with Gasteiger partial charge in [-0.15, -0.1) is 11.3 Å². The zero-order chi connectivity index (χ0) is 12.1. The summed E-state index contributed by atoms with van der Waals surface area (Å²) in [5.74, 6) is 0. The van der Waals surface area contributed by atoms with Crippen LogP contribution in [0.1, 0.15) is 29.5 Å². The molecular formula is C13H22N2OS. The second-order valence-electron chi connectivity index (χ2n) is 4.50. The van der Waals surface area contributed by atoms with Crippen molar-refractivity contribution < 1.29 is 4.74 Å². The summed E-state index contributed by atoms with van der Waals surface area (Å²) in [4.78, 5) is 5.23. The highest BCUT2D eigenvalue weighted by Gasteiger charge is 2.19. The van der Waals surface area contributed by atoms with Crippen LogP contribution in [0.15, 0.2) is 12.1 Å². The molecule has 0 bridgehead atoms. The van der Waals surface area contributed by atoms with E-state index in [2.05, 4.69) is 24.0 Å². The van der Waals surface area contributed by atoms with Crippen LogP contribution >= 0.6 is 11.3 Å². The molecule has 2 heterocycles. The molecule has 3 nitrogen and oxygen atoms in total. The molecule has 0 atom stereocenters. The maximum atomic E-state index is 5.66. The van der Waals surface area contributed by atoms with Crippen LogP contribution in [-0.2, 0) is 17.8 Å². The third-order valence-electron chi connectivity index (χ3n) is 3.23. The summed E-state index contributed by atoms with van der Waals surface area (Å²) in [5, 5.41) is 0. The topological polar surface area (TPSA) is 38.5 Å². The van der Waals surface area contributed by atoms with Crippen molar-refractivity contribution in [3.8, 4) is 0 Å². The first-order chi connectivity index (χ1) is 8.31. The van der Waals surface area contributed by atoms with Crippen molar-refractivity contribution in [3.05, 3.63) is 21.9 Å². The zero-order valence-corrected chi connectivity index (χ0v) is 11.3. The van der Waals surface area contributed by atoms with E-state index in [1.54, 1.807) is 0 Å². The van der Waals surface area contributed by atoms with Gasteiger partial charge >= 0.3 is 0 Å². The van der Waals surface area contributed by atoms with Gasteiger partial charge in [-0.1, -0.05) is 0 Å². The average Bonchev–Trinajstić information content (AvgIpc) is 2.80. The summed E-state index contributed by atoms with van der Waals surface area (Å²) in [6.07, 6.45) is 2.82. The molecule has 17 heavy (non-hydrogen) atoms. The number of hydrogen-bond donors (Lipinski definition) is 1. The monoisotopic (exact) mass is 254 g/mol. The van der Waals surface area contributed by atoms with Gasteiger partial charge < -0.3 is 10.5 Å². The summed E-state index contributed by atoms with van der Waals surface area (Å²) in [6, 6.07) is 4.36. The highest BCUT2D eigenvalue weighted by atomic mass is 32.1. The molecule has 2 N–H and O–H groups in total. The fourth-order valence-corrected chi connectivity index (χ4v) is 3.25. The van der Waals surface area contributed by atoms with Gasteiger partial charge in [-0.25, -0.2) is 0 Å². The molecule has 1 aliphatic rings. The van der Waals surface area contributed by atoms with Gasteiger partial charge in [-0.05, 0) is 31.9 Å². The third kappa shape index (κ3) is 3.78. The molecule has 1 aromatic heterocycles. The van der Waals surface area contributed by atoms with Crippen molar-refractivity contribution in [1.82, 2.24) is 4.90 Å². The van der Waals surface area contributed by atoms with Crippen LogP contribution in [0, 0.1) is 0 Å². The van der Waals surface area contributed by atoms with Crippen LogP contribution in [0.25, 0.3) is 0 Å². The fraction of sp³-hybridized carbons (Fsp3) is 0.692. The Balaban J connectivity index is 1.77. The lowest BCUT2D eigenvalue weighted by Crippen LogP contribution is -2.36. The smallest absolute Gasteiger partial charge is 0.0599 e. The molecule has 0 aliphatic carbocycles. The number of likely N-dealkylation sites (tertiary alicyclic amines) is 1. The van der Waals surface area contributed by atoms with Crippen molar-refractivity contribution in [1.29, 1.82) is 0 Å². The van der Waals surface area contributed by atoms with Gasteiger partial charge in [0.1, 0.15) is 0 Å². The molecule has 2 rings (SSSR count). The van der Waals surface area contributed by atoms with Gasteiger partial charge in [-0.3, -0.25) is 4.90 Å². The Kier molecular flexibility index (Phi) is 4.98. The second kappa shape index (κ2) is 6.50. The highest BCUT2D eigenvalue weighted by Crippen LogP contribution is 2.21. The Morgan fingerprint density at radius 1 is 1.35 bits per heavy atom. The average molecular weight is 254 g/mol. The first kappa shape index (κ1) is 13.0. The summed E-state index contributed by atoms with van der Waals surface area (Å²) in [5.41, 5.74) is 5.63. The molecule has 1 aromatic rings. The van der Waals surface area contributed by atoms with E-state index in [9.17, 15) is 0 Å². The highest BCUT2D eigenvalue weighted by molar-refractivity contribution is 7.11. The van der Waals surface area contributed by atoms with E-state index in [1.165, 1.54) is 22.6 Å². The number of piperidine rings is 1. The summed E-state index contributed by atoms with van der Waals surface area (Å²) >= 11 is 1.84. The number of thiophene rings is 1. The van der Waals surface area contributed by atoms with Crippen molar-refractivity contribution in [2.45, 2.75) is 39.0 Å². The quantitative estimate of drug-likeness (QED) is 0.875. The van der Waals surface area contributed by atoms with Gasteiger partial charge in [0.2, 0.25) is 0 Å². The molecule has 4 heteroatoms. The summed E-state index contributed by atoms with van der Waals surface area (Å²) in [6.45, 7) is 6.96. The molecular weight excluding hydrogens is 232 g/mol. The van der Waals surface area contributed by atoms with Crippen LogP contribution in [-0.4, -0.2) is 30.7 Å². The normalized spacial score (nSPS) is 18.7. The molecule has 1 saturated heterocycles. The van der Waals surface area contributed by atoms with Crippen molar-refractivity contribution in [3.63, 3.8) is 0 Å². The van der Waals surface area contributed by atoms with Crippen LogP contribution < -0.4 is 5.73 Å². The maximum Gasteiger partial charge on any atom is 0.0599 e. The predicted octanol–water partition coefficient (Wildman–Crippen LogP) is 2.21. The van der Waals surface area contributed by atoms with E-state index in [4.69, 9.17) is 10.5 Å². The molecule has 0 saturated carbocycles. The third-order valence-corrected chi connectivity index (χ3v) is 4.33. The molecule has 0 amide bonds. The van der Waals surface area contributed by atoms with Crippen molar-refractivity contribution >= 4 is 11.3 Å². The summed E-state index contributed by atoms with van der Waals surface area (Å²) in [7, 11) is 0. The van der Waals surface area contributed by atoms with E-state index >= 15 is 0 Å². The first-order valence-electron chi connectivity index (χ1n) is 6.43. The lowest BCUT2D eigenvalue weighted by atomic mass is 10.1. The Bertz CT molecular complexity index is 332. The number of nitrogens with zero attached hydrogens (tertiary/aromatic N) is 1. The standard InChI is InChI=1S/C13H22N2OS/c1-2-16-11-5-7-15(8-6-11)10-13-4-3-12(9-14)17-13/h3-4,11H,2,5-10,14H2,1H3. The molecule has 1 fully saturated rings. The van der Waals surface area contributed by atoms with E-state index in [-0.39, 0.29) is 0 Å². The van der Waals surface area contributed by atoms with E-state index in [1.807, 2.05) is 11.3 Å². The predicted molar refractivity (Wildman–Crippen MR) is 72.1 cm³/mol. The SMILES string of the molecule is CCOC1CCN(Cc2ccc(CN)s2)CC1. The Labute approximate surface area is 108 Å². The van der Waals surface area contributed by atoms with Gasteiger partial charge in [0, 0.05) is 42.5 Å². The molecule has 0 radical (unpaired) electrons. The summed E-state index contributed by atoms with van der Waals surface area (Å²) < 4.78 is 5.66. The van der Waals surface area contributed by atoms with E-state index < -0.39 is 0 Å². The van der Waals surface area contributed by atoms with Crippen LogP contribution in [0.3, 0.4) is 0 Å². The van der Waals surface area contributed by atoms with Crippen molar-refractivity contribution in [2.75, 3.05) is 19.7 Å². The number of rotatable bonds is 5. The maximum absolute atomic E-state index is 5.66. The molecule has 0 spiro atoms. The van der Waals surface area contributed by atoms with Crippen molar-refractivity contribution in [2.24, 2.45) is 5.73 Å². The Morgan fingerprint density at radius 2 is 2.06 bits per heavy atom. The molecule has 0 aromatic carbocycles. The van der Waals surface area contributed by atoms with E-state index in [0.29, 0.717) is 12.6 Å². The van der Waals surface area contributed by atoms with Gasteiger partial charge in [0.05, 0.1) is 6.10 Å². The minimum atomic E-state index is 0.485. The van der Waals surface area contributed by atoms with E-state index in [0.717, 1.165) is 26.2 Å². The fourth-order valence-electron chi connectivity index (χ4n) is 2.31. The Hall–Kier alpha value is -0.420. The number of hydrogen-bond acceptors (Lipinski definition) is 4. The number of ether oxygens (including phenoxy) is 1. The van der Waals surface area contributed by atoms with Gasteiger partial charge in [0.25, 0.3) is 0 Å². The largest absolute Gasteiger partial charge is 0.378 e. The zero-order valence-electron chi connectivity index (χ0n) is 10.5. The lowest BCUT2D eigenvalue weighted by molar-refractivity contribution is 0.0127. The number of nitrogens with two attached hydrogens (primary N) is 1. The minimum Gasteiger partial charge on any atom is -0.378 e. The van der Waals surface area contributed by atoms with Crippen LogP contribution in [0.5, 0.6) is 0 Å². The molecule has 1 aliphatic heterocycles. The van der Waals surface area contributed by atoms with Gasteiger partial charge in [0.15, 0.2) is 0 Å². The first-order valence-corrected chi connectivity index (χ1v) is 7.25. The molecule has 96 valence electrons. The Morgan fingerprint density at radius 3 is 2.65 bits per heavy atom. The second-order valence-corrected chi connectivity index (χ2v) is 5.76. The molecule has 0 unspecified atom stereocenters.